The summed E-state index contributed by atoms with van der Waals surface area (Å²) in [5, 5.41) is 9.99. The third-order valence-corrected chi connectivity index (χ3v) is 4.13. The maximum absolute atomic E-state index is 11.8. The molecule has 1 atom stereocenters. The maximum atomic E-state index is 11.8. The Morgan fingerprint density at radius 1 is 1.23 bits per heavy atom. The van der Waals surface area contributed by atoms with Gasteiger partial charge in [-0.2, -0.15) is 13.2 Å². The van der Waals surface area contributed by atoms with Gasteiger partial charge in [-0.15, -0.1) is 6.58 Å². The van der Waals surface area contributed by atoms with Gasteiger partial charge in [0.15, 0.2) is 0 Å². The molecule has 150 valence electrons. The zero-order valence-electron chi connectivity index (χ0n) is 14.5. The van der Waals surface area contributed by atoms with E-state index in [0.717, 1.165) is 19.3 Å². The number of carbonyl (C=O) groups is 3. The lowest BCUT2D eigenvalue weighted by atomic mass is 9.72. The molecule has 0 aromatic rings. The molecule has 0 aromatic carbocycles. The van der Waals surface area contributed by atoms with Crippen molar-refractivity contribution in [2.45, 2.75) is 57.2 Å². The average Bonchev–Trinajstić information content (AvgIpc) is 2.53. The summed E-state index contributed by atoms with van der Waals surface area (Å²) >= 11 is 0. The largest absolute Gasteiger partial charge is 0.490 e. The summed E-state index contributed by atoms with van der Waals surface area (Å²) in [6.07, 6.45) is 3.47. The quantitative estimate of drug-likeness (QED) is 0.495. The number of allylic oxidation sites excluding steroid dienone is 1. The number of carboxylic acids is 1. The van der Waals surface area contributed by atoms with Crippen LogP contribution in [0.2, 0.25) is 0 Å². The van der Waals surface area contributed by atoms with Crippen molar-refractivity contribution in [1.29, 1.82) is 0 Å². The van der Waals surface area contributed by atoms with Crippen LogP contribution < -0.4 is 16.8 Å². The predicted molar refractivity (Wildman–Crippen MR) is 88.8 cm³/mol. The summed E-state index contributed by atoms with van der Waals surface area (Å²) < 4.78 is 31.7. The number of aliphatic carboxylic acids is 1. The highest BCUT2D eigenvalue weighted by Gasteiger charge is 2.38. The molecule has 1 aliphatic carbocycles. The maximum Gasteiger partial charge on any atom is 0.490 e. The molecule has 0 aromatic heterocycles. The number of nitrogens with one attached hydrogen (secondary N) is 1. The minimum Gasteiger partial charge on any atom is -0.475 e. The van der Waals surface area contributed by atoms with E-state index in [0.29, 0.717) is 6.54 Å². The molecular weight excluding hydrogens is 355 g/mol. The summed E-state index contributed by atoms with van der Waals surface area (Å²) in [4.78, 5) is 31.4. The Balaban J connectivity index is 0.000000758. The number of nitrogens with two attached hydrogens (primary N) is 2. The smallest absolute Gasteiger partial charge is 0.475 e. The van der Waals surface area contributed by atoms with Gasteiger partial charge < -0.3 is 21.9 Å². The molecule has 1 aliphatic rings. The van der Waals surface area contributed by atoms with Gasteiger partial charge in [0.05, 0.1) is 12.5 Å². The fourth-order valence-corrected chi connectivity index (χ4v) is 2.78. The molecule has 0 radical (unpaired) electrons. The third-order valence-electron chi connectivity index (χ3n) is 4.13. The number of carbonyl (C=O) groups excluding carboxylic acids is 2. The van der Waals surface area contributed by atoms with Crippen LogP contribution in [0.15, 0.2) is 12.7 Å². The zero-order chi connectivity index (χ0) is 20.4. The Morgan fingerprint density at radius 3 is 2.12 bits per heavy atom. The van der Waals surface area contributed by atoms with Gasteiger partial charge in [-0.1, -0.05) is 25.3 Å². The molecular formula is C16H26F3N3O4. The number of hydrogen-bond donors (Lipinski definition) is 4. The van der Waals surface area contributed by atoms with Crippen LogP contribution in [0.25, 0.3) is 0 Å². The van der Waals surface area contributed by atoms with Crippen LogP contribution in [-0.4, -0.2) is 41.7 Å². The van der Waals surface area contributed by atoms with Crippen LogP contribution in [0.4, 0.5) is 13.2 Å². The Kier molecular flexibility index (Phi) is 9.92. The van der Waals surface area contributed by atoms with Crippen LogP contribution in [0.3, 0.4) is 0 Å². The summed E-state index contributed by atoms with van der Waals surface area (Å²) in [7, 11) is 0. The number of hydrogen-bond acceptors (Lipinski definition) is 4. The number of amides is 2. The zero-order valence-corrected chi connectivity index (χ0v) is 14.5. The van der Waals surface area contributed by atoms with E-state index in [4.69, 9.17) is 21.4 Å². The number of halogens is 3. The van der Waals surface area contributed by atoms with Crippen molar-refractivity contribution in [3.8, 4) is 0 Å². The van der Waals surface area contributed by atoms with Gasteiger partial charge in [0.1, 0.15) is 0 Å². The van der Waals surface area contributed by atoms with E-state index in [9.17, 15) is 22.8 Å². The van der Waals surface area contributed by atoms with Crippen molar-refractivity contribution in [2.75, 3.05) is 6.54 Å². The molecule has 0 heterocycles. The Bertz CT molecular complexity index is 503. The Labute approximate surface area is 150 Å². The first-order chi connectivity index (χ1) is 11.9. The molecule has 1 rings (SSSR count). The molecule has 7 nitrogen and oxygen atoms in total. The van der Waals surface area contributed by atoms with E-state index in [1.807, 2.05) is 6.08 Å². The molecule has 0 aliphatic heterocycles. The fourth-order valence-electron chi connectivity index (χ4n) is 2.78. The van der Waals surface area contributed by atoms with Crippen LogP contribution in [-0.2, 0) is 14.4 Å². The van der Waals surface area contributed by atoms with Crippen LogP contribution >= 0.6 is 0 Å². The predicted octanol–water partition coefficient (Wildman–Crippen LogP) is 1.47. The molecule has 6 N–H and O–H groups in total. The van der Waals surface area contributed by atoms with E-state index < -0.39 is 24.1 Å². The first-order valence-corrected chi connectivity index (χ1v) is 8.16. The molecule has 26 heavy (non-hydrogen) atoms. The number of carboxylic acid groups (broad SMARTS) is 1. The standard InChI is InChI=1S/C14H25N3O2.C2HF3O2/c1-2-6-14(7-4-3-5-8-14)10-17-13(19)11(15)9-12(16)18;3-2(4,5)1(6)7/h2,11H,1,3-10,15H2,(H2,16,18)(H,17,19);(H,6,7)/t11-;/m0./s1. The second-order valence-electron chi connectivity index (χ2n) is 6.35. The van der Waals surface area contributed by atoms with Gasteiger partial charge in [-0.25, -0.2) is 4.79 Å². The molecule has 10 heteroatoms. The number of primary amides is 1. The second-order valence-corrected chi connectivity index (χ2v) is 6.35. The topological polar surface area (TPSA) is 136 Å². The van der Waals surface area contributed by atoms with Crippen molar-refractivity contribution in [3.05, 3.63) is 12.7 Å². The van der Waals surface area contributed by atoms with E-state index >= 15 is 0 Å². The van der Waals surface area contributed by atoms with Crippen LogP contribution in [0.1, 0.15) is 44.9 Å². The van der Waals surface area contributed by atoms with Crippen LogP contribution in [0, 0.1) is 5.41 Å². The molecule has 0 saturated heterocycles. The monoisotopic (exact) mass is 381 g/mol. The highest BCUT2D eigenvalue weighted by atomic mass is 19.4. The highest BCUT2D eigenvalue weighted by molar-refractivity contribution is 5.87. The molecule has 0 bridgehead atoms. The summed E-state index contributed by atoms with van der Waals surface area (Å²) in [6, 6.07) is -0.845. The normalized spacial score (nSPS) is 17.2. The van der Waals surface area contributed by atoms with Gasteiger partial charge >= 0.3 is 12.1 Å². The van der Waals surface area contributed by atoms with Gasteiger partial charge in [0.2, 0.25) is 11.8 Å². The molecule has 0 spiro atoms. The minimum atomic E-state index is -5.08. The van der Waals surface area contributed by atoms with Gasteiger partial charge in [-0.3, -0.25) is 9.59 Å². The van der Waals surface area contributed by atoms with Gasteiger partial charge in [-0.05, 0) is 24.7 Å². The van der Waals surface area contributed by atoms with E-state index in [-0.39, 0.29) is 17.7 Å². The molecule has 1 fully saturated rings. The first kappa shape index (κ1) is 23.9. The summed E-state index contributed by atoms with van der Waals surface area (Å²) in [5.74, 6) is -3.61. The van der Waals surface area contributed by atoms with E-state index in [1.54, 1.807) is 0 Å². The lowest BCUT2D eigenvalue weighted by Gasteiger charge is -2.37. The van der Waals surface area contributed by atoms with E-state index in [1.165, 1.54) is 19.3 Å². The van der Waals surface area contributed by atoms with Crippen LogP contribution in [0.5, 0.6) is 0 Å². The minimum absolute atomic E-state index is 0.111. The van der Waals surface area contributed by atoms with Gasteiger partial charge in [0.25, 0.3) is 0 Å². The van der Waals surface area contributed by atoms with Crippen molar-refractivity contribution in [2.24, 2.45) is 16.9 Å². The molecule has 1 saturated carbocycles. The summed E-state index contributed by atoms with van der Waals surface area (Å²) in [5.41, 5.74) is 10.8. The Hall–Kier alpha value is -2.10. The van der Waals surface area contributed by atoms with Crippen molar-refractivity contribution < 1.29 is 32.7 Å². The average molecular weight is 381 g/mol. The SMILES string of the molecule is C=CCC1(CNC(=O)[C@@H](N)CC(N)=O)CCCCC1.O=C(O)C(F)(F)F. The fraction of sp³-hybridized carbons (Fsp3) is 0.688. The first-order valence-electron chi connectivity index (χ1n) is 8.16. The summed E-state index contributed by atoms with van der Waals surface area (Å²) in [6.45, 7) is 4.40. The van der Waals surface area contributed by atoms with Crippen molar-refractivity contribution >= 4 is 17.8 Å². The lowest BCUT2D eigenvalue weighted by molar-refractivity contribution is -0.192. The Morgan fingerprint density at radius 2 is 1.73 bits per heavy atom. The van der Waals surface area contributed by atoms with Crippen molar-refractivity contribution in [1.82, 2.24) is 5.32 Å². The number of rotatable bonds is 7. The molecule has 2 amide bonds. The highest BCUT2D eigenvalue weighted by Crippen LogP contribution is 2.38. The molecule has 0 unspecified atom stereocenters. The lowest BCUT2D eigenvalue weighted by Crippen LogP contribution is -2.47. The van der Waals surface area contributed by atoms with Gasteiger partial charge in [0, 0.05) is 6.54 Å². The number of alkyl halides is 3. The third kappa shape index (κ3) is 9.40. The van der Waals surface area contributed by atoms with E-state index in [2.05, 4.69) is 11.9 Å². The van der Waals surface area contributed by atoms with Crippen molar-refractivity contribution in [3.63, 3.8) is 0 Å². The second kappa shape index (κ2) is 10.8.